The number of rotatable bonds is 4. The summed E-state index contributed by atoms with van der Waals surface area (Å²) in [5.41, 5.74) is 2.15. The summed E-state index contributed by atoms with van der Waals surface area (Å²) < 4.78 is 19.0. The van der Waals surface area contributed by atoms with Gasteiger partial charge in [0, 0.05) is 6.42 Å². The smallest absolute Gasteiger partial charge is 0.170 e. The molecular formula is C16H14BrFO2. The van der Waals surface area contributed by atoms with Crippen molar-refractivity contribution in [1.82, 2.24) is 0 Å². The number of ether oxygens (including phenoxy) is 1. The van der Waals surface area contributed by atoms with Gasteiger partial charge in [-0.05, 0) is 52.2 Å². The summed E-state index contributed by atoms with van der Waals surface area (Å²) >= 11 is 3.17. The second-order valence-electron chi connectivity index (χ2n) is 4.52. The van der Waals surface area contributed by atoms with Crippen LogP contribution in [-0.2, 0) is 6.42 Å². The Labute approximate surface area is 125 Å². The standard InChI is InChI=1S/C16H14BrFO2/c1-10-6-7-12(15(8-10)20-2)14(19)9-11-4-3-5-13(18)16(11)17/h3-8H,9H2,1-2H3. The maximum atomic E-state index is 13.4. The van der Waals surface area contributed by atoms with Crippen molar-refractivity contribution in [3.8, 4) is 5.75 Å². The van der Waals surface area contributed by atoms with E-state index in [0.29, 0.717) is 21.3 Å². The zero-order chi connectivity index (χ0) is 14.7. The van der Waals surface area contributed by atoms with Crippen molar-refractivity contribution < 1.29 is 13.9 Å². The first-order chi connectivity index (χ1) is 9.52. The molecule has 104 valence electrons. The second-order valence-corrected chi connectivity index (χ2v) is 5.31. The van der Waals surface area contributed by atoms with Crippen LogP contribution in [0.25, 0.3) is 0 Å². The van der Waals surface area contributed by atoms with Gasteiger partial charge < -0.3 is 4.74 Å². The van der Waals surface area contributed by atoms with Crippen LogP contribution in [0.4, 0.5) is 4.39 Å². The van der Waals surface area contributed by atoms with E-state index in [1.165, 1.54) is 13.2 Å². The van der Waals surface area contributed by atoms with E-state index in [1.807, 2.05) is 19.1 Å². The van der Waals surface area contributed by atoms with Gasteiger partial charge in [0.15, 0.2) is 5.78 Å². The van der Waals surface area contributed by atoms with Crippen molar-refractivity contribution in [2.24, 2.45) is 0 Å². The van der Waals surface area contributed by atoms with Gasteiger partial charge in [-0.1, -0.05) is 18.2 Å². The Balaban J connectivity index is 2.31. The van der Waals surface area contributed by atoms with Gasteiger partial charge in [-0.15, -0.1) is 0 Å². The predicted molar refractivity (Wildman–Crippen MR) is 79.9 cm³/mol. The van der Waals surface area contributed by atoms with Gasteiger partial charge in [0.1, 0.15) is 11.6 Å². The van der Waals surface area contributed by atoms with Gasteiger partial charge in [-0.2, -0.15) is 0 Å². The van der Waals surface area contributed by atoms with Crippen LogP contribution in [0.1, 0.15) is 21.5 Å². The van der Waals surface area contributed by atoms with Gasteiger partial charge in [-0.25, -0.2) is 4.39 Å². The number of carbonyl (C=O) groups excluding carboxylic acids is 1. The molecule has 20 heavy (non-hydrogen) atoms. The quantitative estimate of drug-likeness (QED) is 0.776. The number of hydrogen-bond donors (Lipinski definition) is 0. The Morgan fingerprint density at radius 2 is 2.05 bits per heavy atom. The van der Waals surface area contributed by atoms with E-state index in [-0.39, 0.29) is 18.0 Å². The summed E-state index contributed by atoms with van der Waals surface area (Å²) in [4.78, 5) is 12.3. The molecule has 0 bridgehead atoms. The van der Waals surface area contributed by atoms with Crippen LogP contribution in [0.2, 0.25) is 0 Å². The first kappa shape index (κ1) is 14.7. The van der Waals surface area contributed by atoms with Crippen molar-refractivity contribution >= 4 is 21.7 Å². The molecule has 0 fully saturated rings. The Morgan fingerprint density at radius 1 is 1.30 bits per heavy atom. The number of halogens is 2. The molecule has 0 unspecified atom stereocenters. The van der Waals surface area contributed by atoms with E-state index < -0.39 is 0 Å². The maximum absolute atomic E-state index is 13.4. The number of benzene rings is 2. The van der Waals surface area contributed by atoms with Crippen LogP contribution in [0.3, 0.4) is 0 Å². The fourth-order valence-electron chi connectivity index (χ4n) is 1.98. The lowest BCUT2D eigenvalue weighted by Gasteiger charge is -2.09. The van der Waals surface area contributed by atoms with Crippen molar-refractivity contribution in [3.63, 3.8) is 0 Å². The first-order valence-corrected chi connectivity index (χ1v) is 6.93. The SMILES string of the molecule is COc1cc(C)ccc1C(=O)Cc1cccc(F)c1Br. The third-order valence-corrected chi connectivity index (χ3v) is 3.93. The lowest BCUT2D eigenvalue weighted by Crippen LogP contribution is -2.07. The lowest BCUT2D eigenvalue weighted by molar-refractivity contribution is 0.0990. The molecule has 0 spiro atoms. The minimum Gasteiger partial charge on any atom is -0.496 e. The molecule has 4 heteroatoms. The van der Waals surface area contributed by atoms with E-state index in [9.17, 15) is 9.18 Å². The molecular weight excluding hydrogens is 323 g/mol. The fraction of sp³-hybridized carbons (Fsp3) is 0.188. The van der Waals surface area contributed by atoms with Gasteiger partial charge >= 0.3 is 0 Å². The van der Waals surface area contributed by atoms with E-state index in [1.54, 1.807) is 18.2 Å². The molecule has 2 nitrogen and oxygen atoms in total. The molecule has 0 aliphatic rings. The minimum atomic E-state index is -0.369. The molecule has 0 saturated heterocycles. The molecule has 0 aromatic heterocycles. The zero-order valence-corrected chi connectivity index (χ0v) is 12.8. The topological polar surface area (TPSA) is 26.3 Å². The molecule has 0 radical (unpaired) electrons. The molecule has 0 aliphatic heterocycles. The minimum absolute atomic E-state index is 0.104. The third kappa shape index (κ3) is 3.07. The normalized spacial score (nSPS) is 10.4. The maximum Gasteiger partial charge on any atom is 0.170 e. The number of ketones is 1. The van der Waals surface area contributed by atoms with Crippen molar-refractivity contribution in [1.29, 1.82) is 0 Å². The average Bonchev–Trinajstić information content (AvgIpc) is 2.43. The zero-order valence-electron chi connectivity index (χ0n) is 11.2. The number of hydrogen-bond acceptors (Lipinski definition) is 2. The second kappa shape index (κ2) is 6.18. The molecule has 2 aromatic carbocycles. The van der Waals surface area contributed by atoms with Crippen LogP contribution in [-0.4, -0.2) is 12.9 Å². The van der Waals surface area contributed by atoms with E-state index in [0.717, 1.165) is 5.56 Å². The summed E-state index contributed by atoms with van der Waals surface area (Å²) in [5, 5.41) is 0. The number of aryl methyl sites for hydroxylation is 1. The molecule has 0 amide bonds. The lowest BCUT2D eigenvalue weighted by atomic mass is 10.0. The van der Waals surface area contributed by atoms with Crippen molar-refractivity contribution in [2.75, 3.05) is 7.11 Å². The highest BCUT2D eigenvalue weighted by Crippen LogP contribution is 2.25. The summed E-state index contributed by atoms with van der Waals surface area (Å²) in [6, 6.07) is 10.1. The molecule has 2 rings (SSSR count). The van der Waals surface area contributed by atoms with Crippen LogP contribution < -0.4 is 4.74 Å². The Bertz CT molecular complexity index is 653. The predicted octanol–water partition coefficient (Wildman–Crippen LogP) is 4.33. The van der Waals surface area contributed by atoms with Crippen LogP contribution in [0, 0.1) is 12.7 Å². The van der Waals surface area contributed by atoms with Crippen LogP contribution >= 0.6 is 15.9 Å². The molecule has 2 aromatic rings. The molecule has 0 N–H and O–H groups in total. The van der Waals surface area contributed by atoms with Gasteiger partial charge in [0.2, 0.25) is 0 Å². The summed E-state index contributed by atoms with van der Waals surface area (Å²) in [7, 11) is 1.53. The Morgan fingerprint density at radius 3 is 2.75 bits per heavy atom. The summed E-state index contributed by atoms with van der Waals surface area (Å²) in [6.07, 6.45) is 0.123. The molecule has 0 aliphatic carbocycles. The average molecular weight is 337 g/mol. The largest absolute Gasteiger partial charge is 0.496 e. The van der Waals surface area contributed by atoms with Gasteiger partial charge in [0.25, 0.3) is 0 Å². The highest BCUT2D eigenvalue weighted by molar-refractivity contribution is 9.10. The molecule has 0 heterocycles. The Kier molecular flexibility index (Phi) is 4.55. The Hall–Kier alpha value is -1.68. The van der Waals surface area contributed by atoms with Gasteiger partial charge in [-0.3, -0.25) is 4.79 Å². The van der Waals surface area contributed by atoms with Gasteiger partial charge in [0.05, 0.1) is 17.1 Å². The molecule has 0 saturated carbocycles. The number of methoxy groups -OCH3 is 1. The van der Waals surface area contributed by atoms with E-state index >= 15 is 0 Å². The van der Waals surface area contributed by atoms with Crippen LogP contribution in [0.5, 0.6) is 5.75 Å². The van der Waals surface area contributed by atoms with Crippen molar-refractivity contribution in [3.05, 3.63) is 63.4 Å². The number of carbonyl (C=O) groups is 1. The first-order valence-electron chi connectivity index (χ1n) is 6.13. The summed E-state index contributed by atoms with van der Waals surface area (Å²) in [6.45, 7) is 1.93. The van der Waals surface area contributed by atoms with E-state index in [2.05, 4.69) is 15.9 Å². The summed E-state index contributed by atoms with van der Waals surface area (Å²) in [5.74, 6) is 0.0712. The highest BCUT2D eigenvalue weighted by atomic mass is 79.9. The van der Waals surface area contributed by atoms with Crippen LogP contribution in [0.15, 0.2) is 40.9 Å². The monoisotopic (exact) mass is 336 g/mol. The van der Waals surface area contributed by atoms with E-state index in [4.69, 9.17) is 4.74 Å². The highest BCUT2D eigenvalue weighted by Gasteiger charge is 2.15. The fourth-order valence-corrected chi connectivity index (χ4v) is 2.39. The van der Waals surface area contributed by atoms with Crippen molar-refractivity contribution in [2.45, 2.75) is 13.3 Å². The molecule has 0 atom stereocenters. The number of Topliss-reactive ketones (excluding diaryl/α,β-unsaturated/α-hetero) is 1. The third-order valence-electron chi connectivity index (χ3n) is 3.04.